The van der Waals surface area contributed by atoms with Gasteiger partial charge in [-0.25, -0.2) is 0 Å². The van der Waals surface area contributed by atoms with Crippen molar-refractivity contribution in [1.29, 1.82) is 0 Å². The zero-order valence-electron chi connectivity index (χ0n) is 14.9. The lowest BCUT2D eigenvalue weighted by atomic mass is 10.1. The van der Waals surface area contributed by atoms with Crippen LogP contribution in [0.1, 0.15) is 16.1 Å². The molecule has 0 spiro atoms. The van der Waals surface area contributed by atoms with Crippen LogP contribution in [0.3, 0.4) is 0 Å². The van der Waals surface area contributed by atoms with Crippen LogP contribution in [0.15, 0.2) is 53.1 Å². The quantitative estimate of drug-likeness (QED) is 0.772. The maximum Gasteiger partial charge on any atom is 0.264 e. The summed E-state index contributed by atoms with van der Waals surface area (Å²) >= 11 is 0. The average Bonchev–Trinajstić information content (AvgIpc) is 3.07. The van der Waals surface area contributed by atoms with Crippen LogP contribution in [0.2, 0.25) is 0 Å². The molecule has 0 atom stereocenters. The van der Waals surface area contributed by atoms with Crippen LogP contribution in [-0.4, -0.2) is 30.6 Å². The molecule has 1 N–H and O–H groups in total. The van der Waals surface area contributed by atoms with Gasteiger partial charge >= 0.3 is 0 Å². The second kappa shape index (κ2) is 6.60. The largest absolute Gasteiger partial charge is 0.482 e. The Labute approximate surface area is 155 Å². The van der Waals surface area contributed by atoms with Crippen molar-refractivity contribution in [2.45, 2.75) is 6.92 Å². The van der Waals surface area contributed by atoms with Gasteiger partial charge in [-0.15, -0.1) is 0 Å². The van der Waals surface area contributed by atoms with E-state index in [9.17, 15) is 9.59 Å². The number of hydrogen-bond acceptors (Lipinski definition) is 5. The number of anilines is 2. The molecule has 0 saturated carbocycles. The van der Waals surface area contributed by atoms with E-state index in [0.29, 0.717) is 34.1 Å². The Kier molecular flexibility index (Phi) is 4.12. The first-order valence-electron chi connectivity index (χ1n) is 8.41. The number of rotatable bonds is 3. The van der Waals surface area contributed by atoms with Gasteiger partial charge in [-0.1, -0.05) is 35.5 Å². The molecule has 0 saturated heterocycles. The first kappa shape index (κ1) is 16.8. The predicted octanol–water partition coefficient (Wildman–Crippen LogP) is 3.26. The number of ether oxygens (including phenoxy) is 1. The zero-order chi connectivity index (χ0) is 19.0. The molecule has 3 aromatic rings. The topological polar surface area (TPSA) is 84.7 Å². The van der Waals surface area contributed by atoms with Crippen LogP contribution >= 0.6 is 0 Å². The van der Waals surface area contributed by atoms with Crippen molar-refractivity contribution in [3.8, 4) is 17.1 Å². The number of aryl methyl sites for hydroxylation is 1. The number of likely N-dealkylation sites (N-methyl/N-ethyl adjacent to an activating group) is 1. The summed E-state index contributed by atoms with van der Waals surface area (Å²) in [5, 5.41) is 6.79. The van der Waals surface area contributed by atoms with Gasteiger partial charge in [0.1, 0.15) is 11.3 Å². The van der Waals surface area contributed by atoms with Gasteiger partial charge in [0.15, 0.2) is 12.4 Å². The van der Waals surface area contributed by atoms with Crippen molar-refractivity contribution in [3.63, 3.8) is 0 Å². The lowest BCUT2D eigenvalue weighted by molar-refractivity contribution is -0.120. The minimum Gasteiger partial charge on any atom is -0.482 e. The monoisotopic (exact) mass is 363 g/mol. The third kappa shape index (κ3) is 3.03. The number of aromatic nitrogens is 1. The fourth-order valence-electron chi connectivity index (χ4n) is 2.97. The van der Waals surface area contributed by atoms with Crippen molar-refractivity contribution >= 4 is 23.2 Å². The normalized spacial score (nSPS) is 13.1. The summed E-state index contributed by atoms with van der Waals surface area (Å²) in [5.41, 5.74) is 2.80. The fourth-order valence-corrected chi connectivity index (χ4v) is 2.97. The van der Waals surface area contributed by atoms with E-state index in [1.54, 1.807) is 32.2 Å². The third-order valence-electron chi connectivity index (χ3n) is 4.43. The number of hydrogen-bond donors (Lipinski definition) is 1. The fraction of sp³-hybridized carbons (Fsp3) is 0.150. The Morgan fingerprint density at radius 3 is 2.74 bits per heavy atom. The number of benzene rings is 2. The van der Waals surface area contributed by atoms with Crippen molar-refractivity contribution in [2.75, 3.05) is 23.9 Å². The molecule has 4 rings (SSSR count). The molecule has 7 heteroatoms. The van der Waals surface area contributed by atoms with E-state index in [-0.39, 0.29) is 18.4 Å². The molecule has 1 aliphatic rings. The van der Waals surface area contributed by atoms with Crippen LogP contribution in [0, 0.1) is 6.92 Å². The Morgan fingerprint density at radius 1 is 1.19 bits per heavy atom. The highest BCUT2D eigenvalue weighted by Gasteiger charge is 2.25. The Hall–Kier alpha value is -3.61. The number of amides is 2. The van der Waals surface area contributed by atoms with Crippen LogP contribution in [0.25, 0.3) is 11.3 Å². The van der Waals surface area contributed by atoms with Crippen LogP contribution in [-0.2, 0) is 4.79 Å². The molecule has 0 unspecified atom stereocenters. The van der Waals surface area contributed by atoms with Gasteiger partial charge in [0, 0.05) is 18.3 Å². The molecular weight excluding hydrogens is 346 g/mol. The minimum atomic E-state index is -0.335. The van der Waals surface area contributed by atoms with E-state index in [1.165, 1.54) is 4.90 Å². The molecule has 7 nitrogen and oxygen atoms in total. The lowest BCUT2D eigenvalue weighted by Gasteiger charge is -2.26. The van der Waals surface area contributed by atoms with E-state index in [0.717, 1.165) is 5.56 Å². The molecule has 2 heterocycles. The van der Waals surface area contributed by atoms with E-state index in [1.807, 2.05) is 30.3 Å². The van der Waals surface area contributed by atoms with Crippen molar-refractivity contribution in [3.05, 3.63) is 59.8 Å². The van der Waals surface area contributed by atoms with Crippen molar-refractivity contribution in [1.82, 2.24) is 5.16 Å². The highest BCUT2D eigenvalue weighted by Crippen LogP contribution is 2.34. The second-order valence-electron chi connectivity index (χ2n) is 6.22. The summed E-state index contributed by atoms with van der Waals surface area (Å²) in [4.78, 5) is 26.2. The molecule has 0 bridgehead atoms. The maximum atomic E-state index is 12.9. The highest BCUT2D eigenvalue weighted by molar-refractivity contribution is 6.09. The van der Waals surface area contributed by atoms with Crippen LogP contribution in [0.4, 0.5) is 11.4 Å². The van der Waals surface area contributed by atoms with Crippen LogP contribution < -0.4 is 15.0 Å². The molecule has 1 aromatic heterocycles. The minimum absolute atomic E-state index is 0.00945. The molecule has 136 valence electrons. The van der Waals surface area contributed by atoms with Gasteiger partial charge in [-0.05, 0) is 25.1 Å². The summed E-state index contributed by atoms with van der Waals surface area (Å²) in [6, 6.07) is 14.5. The Morgan fingerprint density at radius 2 is 1.96 bits per heavy atom. The summed E-state index contributed by atoms with van der Waals surface area (Å²) in [6.07, 6.45) is 0. The van der Waals surface area contributed by atoms with Crippen LogP contribution in [0.5, 0.6) is 5.75 Å². The van der Waals surface area contributed by atoms with Gasteiger partial charge in [0.25, 0.3) is 11.8 Å². The molecule has 27 heavy (non-hydrogen) atoms. The van der Waals surface area contributed by atoms with E-state index in [2.05, 4.69) is 10.5 Å². The predicted molar refractivity (Wildman–Crippen MR) is 100.0 cm³/mol. The summed E-state index contributed by atoms with van der Waals surface area (Å²) < 4.78 is 10.8. The van der Waals surface area contributed by atoms with Gasteiger partial charge in [-0.3, -0.25) is 9.59 Å². The molecule has 0 fully saturated rings. The third-order valence-corrected chi connectivity index (χ3v) is 4.43. The molecule has 0 radical (unpaired) electrons. The zero-order valence-corrected chi connectivity index (χ0v) is 14.9. The molecule has 0 aliphatic carbocycles. The maximum absolute atomic E-state index is 12.9. The van der Waals surface area contributed by atoms with Gasteiger partial charge < -0.3 is 19.5 Å². The summed E-state index contributed by atoms with van der Waals surface area (Å²) in [6.45, 7) is 1.73. The highest BCUT2D eigenvalue weighted by atomic mass is 16.5. The summed E-state index contributed by atoms with van der Waals surface area (Å²) in [7, 11) is 1.67. The standard InChI is InChI=1S/C20H17N3O4/c1-12-18(19(27-22-12)13-6-4-3-5-7-13)20(25)21-14-8-9-16-15(10-14)23(2)17(24)11-26-16/h3-10H,11H2,1-2H3,(H,21,25). The first-order chi connectivity index (χ1) is 13.0. The van der Waals surface area contributed by atoms with Gasteiger partial charge in [0.05, 0.1) is 11.4 Å². The Bertz CT molecular complexity index is 1030. The van der Waals surface area contributed by atoms with E-state index >= 15 is 0 Å². The molecular formula is C20H17N3O4. The van der Waals surface area contributed by atoms with E-state index in [4.69, 9.17) is 9.26 Å². The SMILES string of the molecule is Cc1noc(-c2ccccc2)c1C(=O)Nc1ccc2c(c1)N(C)C(=O)CO2. The van der Waals surface area contributed by atoms with Gasteiger partial charge in [-0.2, -0.15) is 0 Å². The number of nitrogens with zero attached hydrogens (tertiary/aromatic N) is 2. The number of fused-ring (bicyclic) bond motifs is 1. The number of carbonyl (C=O) groups excluding carboxylic acids is 2. The Balaban J connectivity index is 1.65. The number of carbonyl (C=O) groups is 2. The second-order valence-corrected chi connectivity index (χ2v) is 6.22. The number of nitrogens with one attached hydrogen (secondary N) is 1. The molecule has 2 amide bonds. The van der Waals surface area contributed by atoms with Crippen molar-refractivity contribution < 1.29 is 18.8 Å². The van der Waals surface area contributed by atoms with Crippen molar-refractivity contribution in [2.24, 2.45) is 0 Å². The smallest absolute Gasteiger partial charge is 0.264 e. The molecule has 1 aliphatic heterocycles. The van der Waals surface area contributed by atoms with E-state index < -0.39 is 0 Å². The summed E-state index contributed by atoms with van der Waals surface area (Å²) in [5.74, 6) is 0.533. The lowest BCUT2D eigenvalue weighted by Crippen LogP contribution is -2.35. The van der Waals surface area contributed by atoms with Gasteiger partial charge in [0.2, 0.25) is 0 Å². The first-order valence-corrected chi connectivity index (χ1v) is 8.41. The molecule has 2 aromatic carbocycles. The average molecular weight is 363 g/mol.